The van der Waals surface area contributed by atoms with Gasteiger partial charge in [-0.25, -0.2) is 0 Å². The highest BCUT2D eigenvalue weighted by Gasteiger charge is 2.19. The van der Waals surface area contributed by atoms with E-state index in [9.17, 15) is 10.5 Å². The molecule has 0 fully saturated rings. The van der Waals surface area contributed by atoms with Crippen molar-refractivity contribution in [3.8, 4) is 17.8 Å². The fourth-order valence-electron chi connectivity index (χ4n) is 4.26. The lowest BCUT2D eigenvalue weighted by Crippen LogP contribution is -1.96. The van der Waals surface area contributed by atoms with E-state index in [1.54, 1.807) is 23.6 Å². The number of aromatic nitrogens is 2. The van der Waals surface area contributed by atoms with Crippen LogP contribution in [0.1, 0.15) is 11.1 Å². The maximum absolute atomic E-state index is 9.51. The molecule has 0 bridgehead atoms. The van der Waals surface area contributed by atoms with Crippen LogP contribution in [0.3, 0.4) is 0 Å². The van der Waals surface area contributed by atoms with E-state index in [0.717, 1.165) is 27.6 Å². The van der Waals surface area contributed by atoms with Crippen LogP contribution < -0.4 is 0 Å². The number of thiophene rings is 1. The van der Waals surface area contributed by atoms with Gasteiger partial charge < -0.3 is 4.57 Å². The van der Waals surface area contributed by atoms with Gasteiger partial charge in [0.1, 0.15) is 0 Å². The smallest absolute Gasteiger partial charge is 0.0992 e. The zero-order chi connectivity index (χ0) is 20.2. The highest BCUT2D eigenvalue weighted by atomic mass is 32.1. The molecule has 0 radical (unpaired) electrons. The summed E-state index contributed by atoms with van der Waals surface area (Å²) >= 11 is 1.77. The molecule has 0 amide bonds. The lowest BCUT2D eigenvalue weighted by Gasteiger charge is -2.10. The number of fused-ring (bicyclic) bond motifs is 7. The minimum atomic E-state index is 0.463. The molecule has 3 aromatic carbocycles. The Hall–Kier alpha value is -4.19. The zero-order valence-corrected chi connectivity index (χ0v) is 16.4. The van der Waals surface area contributed by atoms with Crippen molar-refractivity contribution in [2.45, 2.75) is 0 Å². The first-order valence-electron chi connectivity index (χ1n) is 9.43. The molecule has 0 spiro atoms. The molecular formula is C25H12N4S. The minimum Gasteiger partial charge on any atom is -0.307 e. The molecule has 0 aliphatic carbocycles. The van der Waals surface area contributed by atoms with Gasteiger partial charge in [0.15, 0.2) is 0 Å². The third-order valence-corrected chi connectivity index (χ3v) is 6.59. The summed E-state index contributed by atoms with van der Waals surface area (Å²) in [6, 6.07) is 26.3. The van der Waals surface area contributed by atoms with Gasteiger partial charge in [0, 0.05) is 37.4 Å². The van der Waals surface area contributed by atoms with E-state index >= 15 is 0 Å². The summed E-state index contributed by atoms with van der Waals surface area (Å²) in [4.78, 5) is 4.66. The van der Waals surface area contributed by atoms with Gasteiger partial charge in [-0.05, 0) is 48.5 Å². The second-order valence-corrected chi connectivity index (χ2v) is 8.22. The molecule has 0 saturated heterocycles. The van der Waals surface area contributed by atoms with Crippen LogP contribution in [0.25, 0.3) is 47.8 Å². The summed E-state index contributed by atoms with van der Waals surface area (Å²) < 4.78 is 4.57. The lowest BCUT2D eigenvalue weighted by molar-refractivity contribution is 1.17. The SMILES string of the molecule is N#Cc1cc(C#N)cc(-n2c3cccnc3c3ccc4sc5ccccc5c4c32)c1. The van der Waals surface area contributed by atoms with Crippen molar-refractivity contribution in [3.05, 3.63) is 84.1 Å². The van der Waals surface area contributed by atoms with Gasteiger partial charge in [0.25, 0.3) is 0 Å². The Bertz CT molecular complexity index is 1690. The highest BCUT2D eigenvalue weighted by Crippen LogP contribution is 2.42. The van der Waals surface area contributed by atoms with Crippen LogP contribution in [0.4, 0.5) is 0 Å². The maximum atomic E-state index is 9.51. The summed E-state index contributed by atoms with van der Waals surface area (Å²) in [5.41, 5.74) is 4.63. The normalized spacial score (nSPS) is 11.3. The van der Waals surface area contributed by atoms with Gasteiger partial charge >= 0.3 is 0 Å². The summed E-state index contributed by atoms with van der Waals surface area (Å²) in [5.74, 6) is 0. The molecule has 0 saturated carbocycles. The zero-order valence-electron chi connectivity index (χ0n) is 15.6. The Balaban J connectivity index is 1.90. The van der Waals surface area contributed by atoms with E-state index < -0.39 is 0 Å². The Labute approximate surface area is 175 Å². The van der Waals surface area contributed by atoms with Crippen LogP contribution in [0.15, 0.2) is 72.9 Å². The fraction of sp³-hybridized carbons (Fsp3) is 0. The average Bonchev–Trinajstić information content (AvgIpc) is 3.34. The molecule has 0 N–H and O–H groups in total. The number of nitriles is 2. The van der Waals surface area contributed by atoms with Crippen molar-refractivity contribution >= 4 is 53.4 Å². The Kier molecular flexibility index (Phi) is 3.43. The largest absolute Gasteiger partial charge is 0.307 e. The minimum absolute atomic E-state index is 0.463. The van der Waals surface area contributed by atoms with Crippen LogP contribution in [0, 0.1) is 22.7 Å². The maximum Gasteiger partial charge on any atom is 0.0992 e. The number of rotatable bonds is 1. The fourth-order valence-corrected chi connectivity index (χ4v) is 5.37. The van der Waals surface area contributed by atoms with E-state index in [2.05, 4.69) is 58.1 Å². The molecular weight excluding hydrogens is 388 g/mol. The van der Waals surface area contributed by atoms with Gasteiger partial charge in [-0.1, -0.05) is 18.2 Å². The molecule has 3 aromatic heterocycles. The third-order valence-electron chi connectivity index (χ3n) is 5.46. The van der Waals surface area contributed by atoms with E-state index in [0.29, 0.717) is 11.1 Å². The number of hydrogen-bond acceptors (Lipinski definition) is 4. The van der Waals surface area contributed by atoms with E-state index in [1.807, 2.05) is 24.3 Å². The summed E-state index contributed by atoms with van der Waals surface area (Å²) in [7, 11) is 0. The molecule has 3 heterocycles. The molecule has 0 atom stereocenters. The molecule has 6 rings (SSSR count). The number of nitrogens with zero attached hydrogens (tertiary/aromatic N) is 4. The number of benzene rings is 3. The molecule has 0 aliphatic rings. The third kappa shape index (κ3) is 2.21. The topological polar surface area (TPSA) is 65.4 Å². The van der Waals surface area contributed by atoms with Crippen molar-refractivity contribution in [3.63, 3.8) is 0 Å². The monoisotopic (exact) mass is 400 g/mol. The lowest BCUT2D eigenvalue weighted by atomic mass is 10.1. The van der Waals surface area contributed by atoms with Crippen LogP contribution in [0.5, 0.6) is 0 Å². The first-order chi connectivity index (χ1) is 14.8. The van der Waals surface area contributed by atoms with Crippen LogP contribution in [-0.4, -0.2) is 9.55 Å². The second-order valence-electron chi connectivity index (χ2n) is 7.13. The number of hydrogen-bond donors (Lipinski definition) is 0. The number of pyridine rings is 1. The second kappa shape index (κ2) is 6.15. The predicted octanol–water partition coefficient (Wildman–Crippen LogP) is 6.29. The van der Waals surface area contributed by atoms with Gasteiger partial charge in [0.2, 0.25) is 0 Å². The van der Waals surface area contributed by atoms with Gasteiger partial charge in [-0.2, -0.15) is 10.5 Å². The predicted molar refractivity (Wildman–Crippen MR) is 121 cm³/mol. The van der Waals surface area contributed by atoms with E-state index in [4.69, 9.17) is 0 Å². The Morgan fingerprint density at radius 2 is 1.60 bits per heavy atom. The Morgan fingerprint density at radius 1 is 0.800 bits per heavy atom. The van der Waals surface area contributed by atoms with E-state index in [1.165, 1.54) is 20.2 Å². The van der Waals surface area contributed by atoms with Crippen molar-refractivity contribution in [2.75, 3.05) is 0 Å². The van der Waals surface area contributed by atoms with Crippen LogP contribution >= 0.6 is 11.3 Å². The summed E-state index contributed by atoms with van der Waals surface area (Å²) in [6.07, 6.45) is 1.80. The Morgan fingerprint density at radius 3 is 2.40 bits per heavy atom. The average molecular weight is 400 g/mol. The van der Waals surface area contributed by atoms with Crippen molar-refractivity contribution in [2.24, 2.45) is 0 Å². The summed E-state index contributed by atoms with van der Waals surface area (Å²) in [6.45, 7) is 0. The first kappa shape index (κ1) is 16.7. The van der Waals surface area contributed by atoms with Crippen LogP contribution in [0.2, 0.25) is 0 Å². The molecule has 138 valence electrons. The van der Waals surface area contributed by atoms with Crippen molar-refractivity contribution in [1.29, 1.82) is 10.5 Å². The molecule has 4 nitrogen and oxygen atoms in total. The van der Waals surface area contributed by atoms with Crippen LogP contribution in [-0.2, 0) is 0 Å². The summed E-state index contributed by atoms with van der Waals surface area (Å²) in [5, 5.41) is 22.4. The van der Waals surface area contributed by atoms with Crippen molar-refractivity contribution in [1.82, 2.24) is 9.55 Å². The quantitative estimate of drug-likeness (QED) is 0.326. The van der Waals surface area contributed by atoms with Gasteiger partial charge in [-0.15, -0.1) is 11.3 Å². The molecule has 0 unspecified atom stereocenters. The highest BCUT2D eigenvalue weighted by molar-refractivity contribution is 7.26. The first-order valence-corrected chi connectivity index (χ1v) is 10.3. The standard InChI is InChI=1S/C25H12N4S/c26-13-15-10-16(14-27)12-17(11-15)29-20-5-3-9-28-24(20)19-7-8-22-23(25(19)29)18-4-1-2-6-21(18)30-22/h1-12H. The molecule has 6 aromatic rings. The molecule has 30 heavy (non-hydrogen) atoms. The molecule has 0 aliphatic heterocycles. The molecule has 5 heteroatoms. The van der Waals surface area contributed by atoms with Crippen molar-refractivity contribution < 1.29 is 0 Å². The van der Waals surface area contributed by atoms with Gasteiger partial charge in [0.05, 0.1) is 39.8 Å². The van der Waals surface area contributed by atoms with E-state index in [-0.39, 0.29) is 0 Å². The van der Waals surface area contributed by atoms with Gasteiger partial charge in [-0.3, -0.25) is 4.98 Å².